The fourth-order valence-corrected chi connectivity index (χ4v) is 4.97. The fraction of sp³-hybridized carbons (Fsp3) is 0.548. The average molecular weight is 511 g/mol. The Labute approximate surface area is 221 Å². The first-order valence-corrected chi connectivity index (χ1v) is 13.9. The highest BCUT2D eigenvalue weighted by atomic mass is 16.6. The summed E-state index contributed by atoms with van der Waals surface area (Å²) >= 11 is 0. The van der Waals surface area contributed by atoms with Crippen LogP contribution in [0.1, 0.15) is 102 Å². The first kappa shape index (κ1) is 28.5. The number of hydrogen-bond donors (Lipinski definition) is 1. The minimum Gasteiger partial charge on any atom is -0.494 e. The average Bonchev–Trinajstić information content (AvgIpc) is 2.90. The van der Waals surface area contributed by atoms with Crippen LogP contribution in [0.5, 0.6) is 11.5 Å². The highest BCUT2D eigenvalue weighted by Crippen LogP contribution is 2.45. The Kier molecular flexibility index (Phi) is 10.8. The number of rotatable bonds is 15. The molecule has 0 spiro atoms. The molecule has 1 saturated heterocycles. The molecule has 1 aliphatic rings. The summed E-state index contributed by atoms with van der Waals surface area (Å²) in [5.41, 5.74) is -0.587. The fourth-order valence-electron chi connectivity index (χ4n) is 4.97. The van der Waals surface area contributed by atoms with Crippen LogP contribution in [-0.4, -0.2) is 29.8 Å². The lowest BCUT2D eigenvalue weighted by Gasteiger charge is -2.37. The predicted molar refractivity (Wildman–Crippen MR) is 144 cm³/mol. The van der Waals surface area contributed by atoms with Crippen molar-refractivity contribution in [1.82, 2.24) is 0 Å². The maximum atomic E-state index is 13.5. The largest absolute Gasteiger partial charge is 0.494 e. The minimum absolute atomic E-state index is 0.0213. The third-order valence-corrected chi connectivity index (χ3v) is 7.14. The second-order valence-electron chi connectivity index (χ2n) is 9.93. The quantitative estimate of drug-likeness (QED) is 0.153. The summed E-state index contributed by atoms with van der Waals surface area (Å²) in [7, 11) is 0. The van der Waals surface area contributed by atoms with Gasteiger partial charge in [0, 0.05) is 5.56 Å². The van der Waals surface area contributed by atoms with Crippen molar-refractivity contribution in [3.8, 4) is 11.5 Å². The molecule has 1 fully saturated rings. The molecule has 0 aromatic heterocycles. The van der Waals surface area contributed by atoms with Crippen LogP contribution in [0.4, 0.5) is 0 Å². The molecule has 1 heterocycles. The van der Waals surface area contributed by atoms with Gasteiger partial charge in [0.2, 0.25) is 0 Å². The molecule has 6 nitrogen and oxygen atoms in total. The number of carbonyl (C=O) groups is 2. The molecule has 202 valence electrons. The van der Waals surface area contributed by atoms with Gasteiger partial charge in [0.25, 0.3) is 0 Å². The second kappa shape index (κ2) is 14.1. The number of unbranched alkanes of at least 4 members (excludes halogenated alkanes) is 3. The van der Waals surface area contributed by atoms with Crippen molar-refractivity contribution in [2.24, 2.45) is 0 Å². The van der Waals surface area contributed by atoms with E-state index in [1.54, 1.807) is 18.2 Å². The number of benzene rings is 2. The third kappa shape index (κ3) is 7.06. The van der Waals surface area contributed by atoms with Crippen LogP contribution >= 0.6 is 0 Å². The van der Waals surface area contributed by atoms with Crippen molar-refractivity contribution in [1.29, 1.82) is 0 Å². The van der Waals surface area contributed by atoms with Gasteiger partial charge < -0.3 is 19.3 Å². The summed E-state index contributed by atoms with van der Waals surface area (Å²) in [6.07, 6.45) is 8.12. The van der Waals surface area contributed by atoms with Gasteiger partial charge in [-0.1, -0.05) is 83.2 Å². The Bertz CT molecular complexity index is 1000. The molecule has 37 heavy (non-hydrogen) atoms. The number of para-hydroxylation sites is 1. The molecule has 0 saturated carbocycles. The van der Waals surface area contributed by atoms with E-state index in [0.29, 0.717) is 24.3 Å². The van der Waals surface area contributed by atoms with Crippen molar-refractivity contribution < 1.29 is 28.9 Å². The van der Waals surface area contributed by atoms with Crippen LogP contribution in [-0.2, 0) is 19.7 Å². The van der Waals surface area contributed by atoms with Crippen molar-refractivity contribution in [3.63, 3.8) is 0 Å². The molecule has 1 unspecified atom stereocenters. The number of carboxylic acids is 1. The molecular formula is C31H42O6. The van der Waals surface area contributed by atoms with E-state index < -0.39 is 23.5 Å². The van der Waals surface area contributed by atoms with Gasteiger partial charge in [-0.25, -0.2) is 0 Å². The van der Waals surface area contributed by atoms with Crippen molar-refractivity contribution in [2.45, 2.75) is 103 Å². The second-order valence-corrected chi connectivity index (χ2v) is 9.93. The standard InChI is InChI=1S/C31H42O6/c1-4-7-11-22-35-24-18-16-23(17-19-24)27-20-21-31(29(32)33,30(34)37-27)26-14-9-10-15-28(26)36-25(12-6-3)13-8-5-2/h9-10,14-19,25,27H,4-8,11-13,20-22H2,1-3H3,(H,32,33)/t25?,27-,31+/m0/s1. The SMILES string of the molecule is CCCCCOc1ccc([C@@H]2CC[C@](C(=O)O)(c3ccccc3OC(CCC)CCCC)C(=O)O2)cc1. The lowest BCUT2D eigenvalue weighted by Crippen LogP contribution is -2.48. The van der Waals surface area contributed by atoms with E-state index in [-0.39, 0.29) is 12.5 Å². The summed E-state index contributed by atoms with van der Waals surface area (Å²) in [6.45, 7) is 7.07. The maximum absolute atomic E-state index is 13.5. The van der Waals surface area contributed by atoms with E-state index in [2.05, 4.69) is 20.8 Å². The summed E-state index contributed by atoms with van der Waals surface area (Å²) in [5, 5.41) is 10.4. The number of hydrogen-bond acceptors (Lipinski definition) is 5. The Morgan fingerprint density at radius 3 is 2.38 bits per heavy atom. The van der Waals surface area contributed by atoms with E-state index in [4.69, 9.17) is 14.2 Å². The molecule has 1 aliphatic heterocycles. The number of esters is 1. The molecule has 2 aromatic carbocycles. The van der Waals surface area contributed by atoms with Crippen molar-refractivity contribution in [2.75, 3.05) is 6.61 Å². The molecular weight excluding hydrogens is 468 g/mol. The van der Waals surface area contributed by atoms with E-state index in [1.807, 2.05) is 30.3 Å². The molecule has 0 bridgehead atoms. The van der Waals surface area contributed by atoms with E-state index in [1.165, 1.54) is 0 Å². The van der Waals surface area contributed by atoms with Crippen LogP contribution in [0.25, 0.3) is 0 Å². The van der Waals surface area contributed by atoms with Gasteiger partial charge in [0.1, 0.15) is 17.6 Å². The first-order chi connectivity index (χ1) is 18.0. The zero-order valence-electron chi connectivity index (χ0n) is 22.5. The smallest absolute Gasteiger partial charge is 0.328 e. The van der Waals surface area contributed by atoms with Gasteiger partial charge >= 0.3 is 11.9 Å². The van der Waals surface area contributed by atoms with E-state index in [9.17, 15) is 14.7 Å². The monoisotopic (exact) mass is 510 g/mol. The van der Waals surface area contributed by atoms with Crippen LogP contribution < -0.4 is 9.47 Å². The Balaban J connectivity index is 1.78. The molecule has 3 atom stereocenters. The van der Waals surface area contributed by atoms with Crippen LogP contribution in [0.2, 0.25) is 0 Å². The lowest BCUT2D eigenvalue weighted by molar-refractivity contribution is -0.173. The number of aliphatic carboxylic acids is 1. The van der Waals surface area contributed by atoms with Gasteiger partial charge in [-0.05, 0) is 55.9 Å². The van der Waals surface area contributed by atoms with Crippen LogP contribution in [0.3, 0.4) is 0 Å². The normalized spacial score (nSPS) is 20.2. The van der Waals surface area contributed by atoms with Crippen molar-refractivity contribution >= 4 is 11.9 Å². The number of cyclic esters (lactones) is 1. The highest BCUT2D eigenvalue weighted by Gasteiger charge is 2.54. The number of carbonyl (C=O) groups excluding carboxylic acids is 1. The van der Waals surface area contributed by atoms with Crippen molar-refractivity contribution in [3.05, 3.63) is 59.7 Å². The lowest BCUT2D eigenvalue weighted by atomic mass is 9.73. The number of carboxylic acid groups (broad SMARTS) is 1. The van der Waals surface area contributed by atoms with E-state index >= 15 is 0 Å². The first-order valence-electron chi connectivity index (χ1n) is 13.9. The third-order valence-electron chi connectivity index (χ3n) is 7.14. The highest BCUT2D eigenvalue weighted by molar-refractivity contribution is 6.06. The molecule has 0 amide bonds. The predicted octanol–water partition coefficient (Wildman–Crippen LogP) is 7.39. The minimum atomic E-state index is -1.79. The van der Waals surface area contributed by atoms with E-state index in [0.717, 1.165) is 62.7 Å². The Morgan fingerprint density at radius 1 is 1.00 bits per heavy atom. The Morgan fingerprint density at radius 2 is 1.73 bits per heavy atom. The topological polar surface area (TPSA) is 82.1 Å². The zero-order valence-corrected chi connectivity index (χ0v) is 22.5. The maximum Gasteiger partial charge on any atom is 0.328 e. The zero-order chi connectivity index (χ0) is 26.7. The summed E-state index contributed by atoms with van der Waals surface area (Å²) in [4.78, 5) is 26.1. The molecule has 1 N–H and O–H groups in total. The Hall–Kier alpha value is -3.02. The van der Waals surface area contributed by atoms with Gasteiger partial charge in [-0.3, -0.25) is 9.59 Å². The van der Waals surface area contributed by atoms with Gasteiger partial charge in [0.15, 0.2) is 5.41 Å². The molecule has 3 rings (SSSR count). The summed E-state index contributed by atoms with van der Waals surface area (Å²) in [5.74, 6) is -0.715. The summed E-state index contributed by atoms with van der Waals surface area (Å²) < 4.78 is 17.9. The number of ether oxygens (including phenoxy) is 3. The van der Waals surface area contributed by atoms with Crippen LogP contribution in [0.15, 0.2) is 48.5 Å². The molecule has 2 aromatic rings. The molecule has 0 aliphatic carbocycles. The summed E-state index contributed by atoms with van der Waals surface area (Å²) in [6, 6.07) is 14.6. The van der Waals surface area contributed by atoms with Crippen LogP contribution in [0, 0.1) is 0 Å². The van der Waals surface area contributed by atoms with Gasteiger partial charge in [-0.2, -0.15) is 0 Å². The van der Waals surface area contributed by atoms with Gasteiger partial charge in [0.05, 0.1) is 12.7 Å². The molecule has 0 radical (unpaired) electrons. The molecule has 6 heteroatoms. The van der Waals surface area contributed by atoms with Gasteiger partial charge in [-0.15, -0.1) is 0 Å².